The lowest BCUT2D eigenvalue weighted by Gasteiger charge is -2.18. The minimum atomic E-state index is -0.0858. The zero-order valence-electron chi connectivity index (χ0n) is 28.3. The molecule has 0 saturated carbocycles. The van der Waals surface area contributed by atoms with Crippen molar-refractivity contribution in [3.8, 4) is 44.5 Å². The normalized spacial score (nSPS) is 12.8. The van der Waals surface area contributed by atoms with Gasteiger partial charge in [0.25, 0.3) is 0 Å². The molecule has 1 nitrogen and oxygen atoms in total. The molecule has 0 aliphatic rings. The van der Waals surface area contributed by atoms with Gasteiger partial charge in [-0.05, 0) is 84.3 Å². The van der Waals surface area contributed by atoms with Crippen molar-refractivity contribution in [2.45, 2.75) is 0 Å². The Bertz CT molecular complexity index is 2660. The monoisotopic (exact) mass is 576 g/mol. The Balaban J connectivity index is 1.33. The predicted octanol–water partition coefficient (Wildman–Crippen LogP) is 12.6. The van der Waals surface area contributed by atoms with Gasteiger partial charge in [0.2, 0.25) is 0 Å². The zero-order chi connectivity index (χ0) is 33.2. The Morgan fingerprint density at radius 3 is 1.51 bits per heavy atom. The van der Waals surface area contributed by atoms with Crippen LogP contribution in [0, 0.1) is 0 Å². The highest BCUT2D eigenvalue weighted by Crippen LogP contribution is 2.44. The van der Waals surface area contributed by atoms with E-state index in [2.05, 4.69) is 42.5 Å². The summed E-state index contributed by atoms with van der Waals surface area (Å²) in [7, 11) is 0. The molecule has 0 aliphatic carbocycles. The second kappa shape index (κ2) is 10.4. The first kappa shape index (κ1) is 21.7. The van der Waals surface area contributed by atoms with E-state index in [-0.39, 0.29) is 29.7 Å². The highest BCUT2D eigenvalue weighted by molar-refractivity contribution is 6.21. The fourth-order valence-corrected chi connectivity index (χ4v) is 6.73. The molecule has 210 valence electrons. The smallest absolute Gasteiger partial charge is 0.136 e. The Morgan fingerprint density at radius 2 is 0.889 bits per heavy atom. The summed E-state index contributed by atoms with van der Waals surface area (Å²) in [5, 5.41) is 5.38. The summed E-state index contributed by atoms with van der Waals surface area (Å²) in [6.45, 7) is 0. The number of rotatable bonds is 4. The predicted molar refractivity (Wildman–Crippen MR) is 190 cm³/mol. The highest BCUT2D eigenvalue weighted by atomic mass is 16.3. The lowest BCUT2D eigenvalue weighted by atomic mass is 9.85. The maximum atomic E-state index is 9.49. The van der Waals surface area contributed by atoms with Gasteiger partial charge < -0.3 is 4.42 Å². The van der Waals surface area contributed by atoms with E-state index in [0.29, 0.717) is 27.9 Å². The summed E-state index contributed by atoms with van der Waals surface area (Å²) in [6, 6.07) is 47.9. The van der Waals surface area contributed by atoms with Crippen LogP contribution in [0.25, 0.3) is 88.0 Å². The summed E-state index contributed by atoms with van der Waals surface area (Å²) < 4.78 is 44.1. The minimum Gasteiger partial charge on any atom is -0.456 e. The molecule has 0 N–H and O–H groups in total. The maximum Gasteiger partial charge on any atom is 0.136 e. The molecule has 8 aromatic carbocycles. The summed E-state index contributed by atoms with van der Waals surface area (Å²) in [5.74, 6) is 0. The van der Waals surface area contributed by atoms with Crippen LogP contribution in [0.2, 0.25) is 0 Å². The van der Waals surface area contributed by atoms with E-state index in [4.69, 9.17) is 4.42 Å². The van der Waals surface area contributed by atoms with Crippen LogP contribution in [-0.4, -0.2) is 0 Å². The standard InChI is InChI=1S/C44H28O/c1-3-12-29(13-4-1)33-26-27-40-39(28-33)44-34(20-11-21-41(44)45-40)30-22-24-32(25-23-30)43-37-18-9-7-16-35(37)42(31-14-5-2-6-15-31)36-17-8-10-19-38(36)43/h1-28H/i22D,23D,24D,25D. The van der Waals surface area contributed by atoms with E-state index in [1.807, 2.05) is 103 Å². The lowest BCUT2D eigenvalue weighted by Crippen LogP contribution is -1.90. The molecular formula is C44H28O. The van der Waals surface area contributed by atoms with E-state index < -0.39 is 0 Å². The van der Waals surface area contributed by atoms with Crippen molar-refractivity contribution in [2.24, 2.45) is 0 Å². The maximum absolute atomic E-state index is 9.49. The average molecular weight is 577 g/mol. The van der Waals surface area contributed by atoms with Crippen LogP contribution in [0.1, 0.15) is 5.48 Å². The van der Waals surface area contributed by atoms with Gasteiger partial charge in [-0.3, -0.25) is 0 Å². The highest BCUT2D eigenvalue weighted by Gasteiger charge is 2.17. The van der Waals surface area contributed by atoms with Gasteiger partial charge in [0.15, 0.2) is 0 Å². The molecule has 0 spiro atoms. The molecule has 1 aromatic heterocycles. The third-order valence-corrected chi connectivity index (χ3v) is 8.74. The fourth-order valence-electron chi connectivity index (χ4n) is 6.73. The van der Waals surface area contributed by atoms with Crippen LogP contribution < -0.4 is 0 Å². The van der Waals surface area contributed by atoms with E-state index >= 15 is 0 Å². The number of hydrogen-bond acceptors (Lipinski definition) is 1. The molecule has 0 amide bonds. The van der Waals surface area contributed by atoms with E-state index in [1.165, 1.54) is 0 Å². The third-order valence-electron chi connectivity index (χ3n) is 8.74. The van der Waals surface area contributed by atoms with Crippen LogP contribution in [0.3, 0.4) is 0 Å². The average Bonchev–Trinajstić information content (AvgIpc) is 3.53. The van der Waals surface area contributed by atoms with Crippen LogP contribution in [0.5, 0.6) is 0 Å². The molecular weight excluding hydrogens is 544 g/mol. The molecule has 0 unspecified atom stereocenters. The van der Waals surface area contributed by atoms with E-state index in [0.717, 1.165) is 54.6 Å². The summed E-state index contributed by atoms with van der Waals surface area (Å²) in [6.07, 6.45) is 0. The van der Waals surface area contributed by atoms with Crippen LogP contribution in [0.4, 0.5) is 0 Å². The number of furan rings is 1. The third kappa shape index (κ3) is 4.17. The minimum absolute atomic E-state index is 0.0754. The van der Waals surface area contributed by atoms with Gasteiger partial charge in [0.05, 0.1) is 5.48 Å². The number of benzene rings is 8. The van der Waals surface area contributed by atoms with Gasteiger partial charge in [0.1, 0.15) is 11.2 Å². The van der Waals surface area contributed by atoms with E-state index in [1.54, 1.807) is 0 Å². The van der Waals surface area contributed by atoms with Crippen molar-refractivity contribution < 1.29 is 9.90 Å². The number of fused-ring (bicyclic) bond motifs is 5. The van der Waals surface area contributed by atoms with Gasteiger partial charge in [0, 0.05) is 10.8 Å². The zero-order valence-corrected chi connectivity index (χ0v) is 24.3. The first-order valence-electron chi connectivity index (χ1n) is 17.1. The van der Waals surface area contributed by atoms with Crippen molar-refractivity contribution in [1.82, 2.24) is 0 Å². The van der Waals surface area contributed by atoms with Gasteiger partial charge in [-0.25, -0.2) is 0 Å². The van der Waals surface area contributed by atoms with Crippen LogP contribution in [-0.2, 0) is 0 Å². The SMILES string of the molecule is [2H]c1c([2H])c(-c2cccc3oc4ccc(-c5ccccc5)cc4c23)c([2H])c([2H])c1-c1c2ccccc2c(-c2ccccc2)c2ccccc12. The van der Waals surface area contributed by atoms with Crippen molar-refractivity contribution in [2.75, 3.05) is 0 Å². The number of hydrogen-bond donors (Lipinski definition) is 0. The molecule has 0 radical (unpaired) electrons. The Kier molecular flexibility index (Phi) is 5.00. The lowest BCUT2D eigenvalue weighted by molar-refractivity contribution is 0.669. The van der Waals surface area contributed by atoms with Gasteiger partial charge >= 0.3 is 0 Å². The molecule has 1 heterocycles. The molecule has 9 rings (SSSR count). The van der Waals surface area contributed by atoms with Crippen molar-refractivity contribution in [3.05, 3.63) is 170 Å². The molecule has 0 fully saturated rings. The molecule has 0 saturated heterocycles. The molecule has 1 heteroatoms. The van der Waals surface area contributed by atoms with E-state index in [9.17, 15) is 5.48 Å². The van der Waals surface area contributed by atoms with Crippen molar-refractivity contribution >= 4 is 43.5 Å². The second-order valence-electron chi connectivity index (χ2n) is 11.3. The molecule has 9 aromatic rings. The molecule has 45 heavy (non-hydrogen) atoms. The Hall–Kier alpha value is -5.92. The Labute approximate surface area is 267 Å². The van der Waals surface area contributed by atoms with Crippen molar-refractivity contribution in [3.63, 3.8) is 0 Å². The first-order valence-corrected chi connectivity index (χ1v) is 15.1. The summed E-state index contributed by atoms with van der Waals surface area (Å²) >= 11 is 0. The molecule has 0 atom stereocenters. The van der Waals surface area contributed by atoms with Gasteiger partial charge in [-0.2, -0.15) is 0 Å². The first-order chi connectivity index (χ1) is 24.0. The van der Waals surface area contributed by atoms with Gasteiger partial charge in [-0.1, -0.05) is 152 Å². The topological polar surface area (TPSA) is 13.1 Å². The van der Waals surface area contributed by atoms with Crippen LogP contribution in [0.15, 0.2) is 174 Å². The summed E-state index contributed by atoms with van der Waals surface area (Å²) in [4.78, 5) is 0. The Morgan fingerprint density at radius 1 is 0.356 bits per heavy atom. The second-order valence-corrected chi connectivity index (χ2v) is 11.3. The molecule has 0 aliphatic heterocycles. The fraction of sp³-hybridized carbons (Fsp3) is 0. The van der Waals surface area contributed by atoms with Gasteiger partial charge in [-0.15, -0.1) is 0 Å². The van der Waals surface area contributed by atoms with Crippen molar-refractivity contribution in [1.29, 1.82) is 0 Å². The summed E-state index contributed by atoms with van der Waals surface area (Å²) in [5.41, 5.74) is 7.45. The quantitative estimate of drug-likeness (QED) is 0.190. The van der Waals surface area contributed by atoms with Crippen LogP contribution >= 0.6 is 0 Å². The molecule has 0 bridgehead atoms. The largest absolute Gasteiger partial charge is 0.456 e.